The molecule has 0 spiro atoms. The van der Waals surface area contributed by atoms with Crippen LogP contribution in [0.1, 0.15) is 43.7 Å². The van der Waals surface area contributed by atoms with Gasteiger partial charge in [-0.3, -0.25) is 4.98 Å². The van der Waals surface area contributed by atoms with Crippen LogP contribution in [-0.2, 0) is 10.2 Å². The maximum Gasteiger partial charge on any atom is 0.282 e. The number of nitrogens with zero attached hydrogens (tertiary/aromatic N) is 3. The van der Waals surface area contributed by atoms with E-state index in [9.17, 15) is 8.42 Å². The van der Waals surface area contributed by atoms with Crippen LogP contribution in [0, 0.1) is 0 Å². The maximum atomic E-state index is 12.8. The number of hydrogen-bond acceptors (Lipinski definition) is 3. The van der Waals surface area contributed by atoms with Crippen molar-refractivity contribution in [3.8, 4) is 0 Å². The fraction of sp³-hybridized carbons (Fsp3) is 0.643. The molecule has 2 aliphatic heterocycles. The van der Waals surface area contributed by atoms with Crippen molar-refractivity contribution < 1.29 is 8.42 Å². The molecule has 110 valence electrons. The summed E-state index contributed by atoms with van der Waals surface area (Å²) in [7, 11) is -3.31. The summed E-state index contributed by atoms with van der Waals surface area (Å²) >= 11 is 0. The van der Waals surface area contributed by atoms with Crippen LogP contribution < -0.4 is 0 Å². The average Bonchev–Trinajstić information content (AvgIpc) is 2.99. The van der Waals surface area contributed by atoms with Gasteiger partial charge in [0.2, 0.25) is 0 Å². The minimum absolute atomic E-state index is 0.0232. The summed E-state index contributed by atoms with van der Waals surface area (Å²) in [5.41, 5.74) is 1.05. The van der Waals surface area contributed by atoms with E-state index in [1.807, 2.05) is 12.1 Å². The van der Waals surface area contributed by atoms with Gasteiger partial charge in [0.05, 0.1) is 6.04 Å². The number of aromatic nitrogens is 1. The van der Waals surface area contributed by atoms with Crippen LogP contribution in [0.2, 0.25) is 0 Å². The summed E-state index contributed by atoms with van der Waals surface area (Å²) in [4.78, 5) is 4.02. The Bertz CT molecular complexity index is 541. The third kappa shape index (κ3) is 2.60. The van der Waals surface area contributed by atoms with Gasteiger partial charge in [-0.2, -0.15) is 17.0 Å². The van der Waals surface area contributed by atoms with Crippen LogP contribution in [-0.4, -0.2) is 41.6 Å². The zero-order valence-electron chi connectivity index (χ0n) is 11.6. The summed E-state index contributed by atoms with van der Waals surface area (Å²) in [5.74, 6) is 0. The molecule has 2 fully saturated rings. The SMILES string of the molecule is O=S(=O)(N1CCCCC1)N1CCCC1c1ccncc1. The first-order valence-electron chi connectivity index (χ1n) is 7.36. The van der Waals surface area contributed by atoms with E-state index >= 15 is 0 Å². The zero-order valence-corrected chi connectivity index (χ0v) is 12.4. The van der Waals surface area contributed by atoms with Crippen molar-refractivity contribution in [3.63, 3.8) is 0 Å². The standard InChI is InChI=1S/C14H21N3O2S/c18-20(19,16-10-2-1-3-11-16)17-12-4-5-14(17)13-6-8-15-9-7-13/h6-9,14H,1-5,10-12H2. The Labute approximate surface area is 120 Å². The average molecular weight is 295 g/mol. The van der Waals surface area contributed by atoms with Crippen LogP contribution in [0.4, 0.5) is 0 Å². The molecule has 1 atom stereocenters. The van der Waals surface area contributed by atoms with Crippen LogP contribution in [0.5, 0.6) is 0 Å². The molecule has 0 aromatic carbocycles. The molecule has 0 bridgehead atoms. The van der Waals surface area contributed by atoms with Gasteiger partial charge in [0.15, 0.2) is 0 Å². The predicted octanol–water partition coefficient (Wildman–Crippen LogP) is 1.95. The Morgan fingerprint density at radius 2 is 1.70 bits per heavy atom. The normalized spacial score (nSPS) is 25.9. The van der Waals surface area contributed by atoms with Gasteiger partial charge in [-0.15, -0.1) is 0 Å². The van der Waals surface area contributed by atoms with Gasteiger partial charge in [-0.1, -0.05) is 6.42 Å². The monoisotopic (exact) mass is 295 g/mol. The van der Waals surface area contributed by atoms with E-state index in [0.717, 1.165) is 37.7 Å². The summed E-state index contributed by atoms with van der Waals surface area (Å²) in [6.07, 6.45) is 8.40. The number of piperidine rings is 1. The maximum absolute atomic E-state index is 12.8. The van der Waals surface area contributed by atoms with Crippen molar-refractivity contribution in [1.29, 1.82) is 0 Å². The topological polar surface area (TPSA) is 53.5 Å². The lowest BCUT2D eigenvalue weighted by molar-refractivity contribution is 0.296. The summed E-state index contributed by atoms with van der Waals surface area (Å²) in [5, 5.41) is 0. The van der Waals surface area contributed by atoms with E-state index in [-0.39, 0.29) is 6.04 Å². The lowest BCUT2D eigenvalue weighted by Crippen LogP contribution is -2.45. The van der Waals surface area contributed by atoms with Crippen LogP contribution in [0.15, 0.2) is 24.5 Å². The number of rotatable bonds is 3. The number of pyridine rings is 1. The second-order valence-electron chi connectivity index (χ2n) is 5.52. The second kappa shape index (κ2) is 5.79. The highest BCUT2D eigenvalue weighted by Gasteiger charge is 2.38. The molecule has 0 radical (unpaired) electrons. The molecular weight excluding hydrogens is 274 g/mol. The van der Waals surface area contributed by atoms with Gasteiger partial charge in [-0.25, -0.2) is 0 Å². The molecule has 6 heteroatoms. The molecule has 0 aliphatic carbocycles. The molecule has 2 aliphatic rings. The molecule has 1 aromatic rings. The predicted molar refractivity (Wildman–Crippen MR) is 77.3 cm³/mol. The summed E-state index contributed by atoms with van der Waals surface area (Å²) < 4.78 is 29.0. The van der Waals surface area contributed by atoms with E-state index < -0.39 is 10.2 Å². The highest BCUT2D eigenvalue weighted by molar-refractivity contribution is 7.86. The first-order chi connectivity index (χ1) is 9.69. The molecule has 20 heavy (non-hydrogen) atoms. The van der Waals surface area contributed by atoms with Crippen LogP contribution in [0.3, 0.4) is 0 Å². The van der Waals surface area contributed by atoms with Gasteiger partial charge >= 0.3 is 0 Å². The van der Waals surface area contributed by atoms with Crippen molar-refractivity contribution in [2.45, 2.75) is 38.1 Å². The van der Waals surface area contributed by atoms with Crippen molar-refractivity contribution in [1.82, 2.24) is 13.6 Å². The summed E-state index contributed by atoms with van der Waals surface area (Å²) in [6.45, 7) is 1.97. The van der Waals surface area contributed by atoms with Gasteiger partial charge < -0.3 is 0 Å². The molecule has 3 rings (SSSR count). The summed E-state index contributed by atoms with van der Waals surface area (Å²) in [6, 6.07) is 3.83. The second-order valence-corrected chi connectivity index (χ2v) is 7.40. The van der Waals surface area contributed by atoms with Crippen molar-refractivity contribution in [3.05, 3.63) is 30.1 Å². The Hall–Kier alpha value is -0.980. The fourth-order valence-electron chi connectivity index (χ4n) is 3.18. The van der Waals surface area contributed by atoms with Crippen LogP contribution >= 0.6 is 0 Å². The molecular formula is C14H21N3O2S. The fourth-order valence-corrected chi connectivity index (χ4v) is 5.10. The molecule has 0 amide bonds. The smallest absolute Gasteiger partial charge is 0.265 e. The van der Waals surface area contributed by atoms with Crippen molar-refractivity contribution in [2.24, 2.45) is 0 Å². The van der Waals surface area contributed by atoms with E-state index in [4.69, 9.17) is 0 Å². The largest absolute Gasteiger partial charge is 0.282 e. The highest BCUT2D eigenvalue weighted by atomic mass is 32.2. The minimum atomic E-state index is -3.31. The van der Waals surface area contributed by atoms with Crippen LogP contribution in [0.25, 0.3) is 0 Å². The molecule has 3 heterocycles. The van der Waals surface area contributed by atoms with Crippen molar-refractivity contribution >= 4 is 10.2 Å². The molecule has 2 saturated heterocycles. The highest BCUT2D eigenvalue weighted by Crippen LogP contribution is 2.35. The minimum Gasteiger partial charge on any atom is -0.265 e. The van der Waals surface area contributed by atoms with Crippen molar-refractivity contribution in [2.75, 3.05) is 19.6 Å². The van der Waals surface area contributed by atoms with Gasteiger partial charge in [0, 0.05) is 32.0 Å². The zero-order chi connectivity index (χ0) is 14.0. The first-order valence-corrected chi connectivity index (χ1v) is 8.76. The molecule has 0 saturated carbocycles. The first kappa shape index (κ1) is 14.0. The Morgan fingerprint density at radius 1 is 1.00 bits per heavy atom. The Kier molecular flexibility index (Phi) is 4.05. The quantitative estimate of drug-likeness (QED) is 0.856. The molecule has 0 N–H and O–H groups in total. The third-order valence-electron chi connectivity index (χ3n) is 4.23. The van der Waals surface area contributed by atoms with E-state index in [0.29, 0.717) is 19.6 Å². The lowest BCUT2D eigenvalue weighted by Gasteiger charge is -2.33. The lowest BCUT2D eigenvalue weighted by atomic mass is 10.1. The number of hydrogen-bond donors (Lipinski definition) is 0. The van der Waals surface area contributed by atoms with Gasteiger partial charge in [-0.05, 0) is 43.4 Å². The third-order valence-corrected chi connectivity index (χ3v) is 6.28. The molecule has 1 unspecified atom stereocenters. The van der Waals surface area contributed by atoms with Gasteiger partial charge in [0.1, 0.15) is 0 Å². The van der Waals surface area contributed by atoms with Gasteiger partial charge in [0.25, 0.3) is 10.2 Å². The molecule has 1 aromatic heterocycles. The Morgan fingerprint density at radius 3 is 2.40 bits per heavy atom. The molecule has 5 nitrogen and oxygen atoms in total. The van der Waals surface area contributed by atoms with E-state index in [2.05, 4.69) is 4.98 Å². The van der Waals surface area contributed by atoms with E-state index in [1.165, 1.54) is 0 Å². The van der Waals surface area contributed by atoms with E-state index in [1.54, 1.807) is 21.0 Å². The Balaban J connectivity index is 1.84.